The van der Waals surface area contributed by atoms with Crippen LogP contribution in [0.5, 0.6) is 11.8 Å². The van der Waals surface area contributed by atoms with E-state index in [1.165, 1.54) is 31.2 Å². The number of ether oxygens (including phenoxy) is 3. The molecule has 2 aromatic rings. The van der Waals surface area contributed by atoms with Crippen molar-refractivity contribution in [1.29, 1.82) is 5.26 Å². The minimum Gasteiger partial charge on any atom is -0.463 e. The summed E-state index contributed by atoms with van der Waals surface area (Å²) in [6.07, 6.45) is -3.70. The molecule has 0 aliphatic carbocycles. The van der Waals surface area contributed by atoms with Crippen molar-refractivity contribution in [3.05, 3.63) is 70.6 Å². The van der Waals surface area contributed by atoms with E-state index in [9.17, 15) is 23.2 Å². The maximum absolute atomic E-state index is 12.8. The van der Waals surface area contributed by atoms with Crippen molar-refractivity contribution in [1.82, 2.24) is 9.97 Å². The number of rotatable bonds is 5. The predicted octanol–water partition coefficient (Wildman–Crippen LogP) is 3.93. The molecule has 1 atom stereocenters. The summed E-state index contributed by atoms with van der Waals surface area (Å²) in [5.41, 5.74) is 5.34. The van der Waals surface area contributed by atoms with Gasteiger partial charge in [0.1, 0.15) is 23.2 Å². The number of benzene rings is 1. The molecular weight excluding hydrogens is 429 g/mol. The van der Waals surface area contributed by atoms with E-state index in [1.807, 2.05) is 6.07 Å². The minimum atomic E-state index is -4.64. The molecule has 1 aromatic carbocycles. The van der Waals surface area contributed by atoms with Crippen LogP contribution in [0.4, 0.5) is 13.2 Å². The van der Waals surface area contributed by atoms with E-state index < -0.39 is 29.8 Å². The van der Waals surface area contributed by atoms with Gasteiger partial charge in [0.15, 0.2) is 5.69 Å². The summed E-state index contributed by atoms with van der Waals surface area (Å²) < 4.78 is 54.2. The van der Waals surface area contributed by atoms with Crippen LogP contribution in [0.3, 0.4) is 0 Å². The Labute approximate surface area is 180 Å². The lowest BCUT2D eigenvalue weighted by Gasteiger charge is -2.26. The summed E-state index contributed by atoms with van der Waals surface area (Å²) in [6.45, 7) is 3.29. The molecule has 1 unspecified atom stereocenters. The average Bonchev–Trinajstić information content (AvgIpc) is 2.73. The van der Waals surface area contributed by atoms with Crippen LogP contribution in [-0.4, -0.2) is 22.5 Å². The second kappa shape index (κ2) is 8.97. The summed E-state index contributed by atoms with van der Waals surface area (Å²) in [4.78, 5) is 19.5. The molecule has 0 spiro atoms. The molecule has 2 heterocycles. The van der Waals surface area contributed by atoms with Crippen LogP contribution in [0.25, 0.3) is 0 Å². The van der Waals surface area contributed by atoms with E-state index in [2.05, 4.69) is 9.97 Å². The highest BCUT2D eigenvalue weighted by Crippen LogP contribution is 2.40. The van der Waals surface area contributed by atoms with Crippen LogP contribution < -0.4 is 10.5 Å². The van der Waals surface area contributed by atoms with E-state index in [1.54, 1.807) is 6.92 Å². The van der Waals surface area contributed by atoms with Gasteiger partial charge >= 0.3 is 18.2 Å². The van der Waals surface area contributed by atoms with Gasteiger partial charge in [-0.2, -0.15) is 23.4 Å². The van der Waals surface area contributed by atoms with Gasteiger partial charge in [-0.15, -0.1) is 0 Å². The van der Waals surface area contributed by atoms with Crippen molar-refractivity contribution in [2.24, 2.45) is 5.73 Å². The number of allylic oxidation sites excluding steroid dienone is 2. The molecule has 1 aliphatic rings. The molecule has 0 saturated carbocycles. The van der Waals surface area contributed by atoms with E-state index in [-0.39, 0.29) is 35.1 Å². The quantitative estimate of drug-likeness (QED) is 0.686. The monoisotopic (exact) mass is 446 g/mol. The second-order valence-electron chi connectivity index (χ2n) is 6.51. The van der Waals surface area contributed by atoms with Crippen molar-refractivity contribution in [3.8, 4) is 17.8 Å². The third kappa shape index (κ3) is 4.64. The molecule has 1 aliphatic heterocycles. The topological polar surface area (TPSA) is 120 Å². The zero-order valence-corrected chi connectivity index (χ0v) is 16.9. The van der Waals surface area contributed by atoms with Gasteiger partial charge in [0, 0.05) is 6.20 Å². The first kappa shape index (κ1) is 22.6. The standard InChI is InChI=1S/C21H17F3N4O4/c1-3-30-19(29)16-11(2)31-18(26)14(10-25)17(16)12-4-6-13(7-5-12)32-20-27-9-8-15(28-20)21(22,23)24/h4-9,17H,3,26H2,1-2H3. The molecule has 2 N–H and O–H groups in total. The molecule has 0 amide bonds. The SMILES string of the molecule is CCOC(=O)C1=C(C)OC(N)=C(C#N)C1c1ccc(Oc2nccc(C(F)(F)F)n2)cc1. The van der Waals surface area contributed by atoms with Gasteiger partial charge < -0.3 is 19.9 Å². The first-order valence-corrected chi connectivity index (χ1v) is 9.29. The van der Waals surface area contributed by atoms with Crippen LogP contribution in [0, 0.1) is 11.3 Å². The molecule has 3 rings (SSSR count). The number of carbonyl (C=O) groups is 1. The van der Waals surface area contributed by atoms with E-state index in [4.69, 9.17) is 19.9 Å². The fourth-order valence-electron chi connectivity index (χ4n) is 3.07. The van der Waals surface area contributed by atoms with Gasteiger partial charge in [-0.25, -0.2) is 9.78 Å². The maximum atomic E-state index is 12.8. The molecule has 0 saturated heterocycles. The Kier molecular flexibility index (Phi) is 6.34. The van der Waals surface area contributed by atoms with E-state index >= 15 is 0 Å². The molecule has 0 fully saturated rings. The van der Waals surface area contributed by atoms with Crippen molar-refractivity contribution >= 4 is 5.97 Å². The normalized spacial score (nSPS) is 16.3. The van der Waals surface area contributed by atoms with Crippen LogP contribution in [0.15, 0.2) is 59.3 Å². The Bertz CT molecular complexity index is 1130. The lowest BCUT2D eigenvalue weighted by atomic mass is 9.83. The summed E-state index contributed by atoms with van der Waals surface area (Å²) in [7, 11) is 0. The average molecular weight is 446 g/mol. The highest BCUT2D eigenvalue weighted by molar-refractivity contribution is 5.92. The van der Waals surface area contributed by atoms with Gasteiger partial charge in [0.05, 0.1) is 18.1 Å². The second-order valence-corrected chi connectivity index (χ2v) is 6.51. The van der Waals surface area contributed by atoms with Gasteiger partial charge in [-0.05, 0) is 37.6 Å². The summed E-state index contributed by atoms with van der Waals surface area (Å²) in [6, 6.07) is 8.16. The van der Waals surface area contributed by atoms with Crippen molar-refractivity contribution < 1.29 is 32.2 Å². The lowest BCUT2D eigenvalue weighted by molar-refractivity contribution is -0.141. The third-order valence-electron chi connectivity index (χ3n) is 4.45. The van der Waals surface area contributed by atoms with Gasteiger partial charge in [-0.1, -0.05) is 12.1 Å². The number of aromatic nitrogens is 2. The number of nitrogens with zero attached hydrogens (tertiary/aromatic N) is 3. The van der Waals surface area contributed by atoms with Crippen molar-refractivity contribution in [3.63, 3.8) is 0 Å². The number of carbonyl (C=O) groups excluding carboxylic acids is 1. The molecule has 0 bridgehead atoms. The fourth-order valence-corrected chi connectivity index (χ4v) is 3.07. The molecule has 1 aromatic heterocycles. The summed E-state index contributed by atoms with van der Waals surface area (Å²) in [5.74, 6) is -1.31. The number of hydrogen-bond acceptors (Lipinski definition) is 8. The minimum absolute atomic E-state index is 0.0218. The molecule has 8 nitrogen and oxygen atoms in total. The molecule has 11 heteroatoms. The largest absolute Gasteiger partial charge is 0.463 e. The van der Waals surface area contributed by atoms with E-state index in [0.29, 0.717) is 5.56 Å². The number of esters is 1. The first-order chi connectivity index (χ1) is 15.2. The Morgan fingerprint density at radius 3 is 2.56 bits per heavy atom. The number of hydrogen-bond donors (Lipinski definition) is 1. The fraction of sp³-hybridized carbons (Fsp3) is 0.238. The molecular formula is C21H17F3N4O4. The first-order valence-electron chi connectivity index (χ1n) is 9.29. The zero-order valence-electron chi connectivity index (χ0n) is 16.9. The van der Waals surface area contributed by atoms with Crippen LogP contribution >= 0.6 is 0 Å². The highest BCUT2D eigenvalue weighted by atomic mass is 19.4. The van der Waals surface area contributed by atoms with Gasteiger partial charge in [0.2, 0.25) is 5.88 Å². The molecule has 32 heavy (non-hydrogen) atoms. The smallest absolute Gasteiger partial charge is 0.433 e. The Hall–Kier alpha value is -4.07. The van der Waals surface area contributed by atoms with Crippen molar-refractivity contribution in [2.75, 3.05) is 6.61 Å². The predicted molar refractivity (Wildman–Crippen MR) is 104 cm³/mol. The van der Waals surface area contributed by atoms with Crippen LogP contribution in [-0.2, 0) is 20.4 Å². The third-order valence-corrected chi connectivity index (χ3v) is 4.45. The number of halogens is 3. The van der Waals surface area contributed by atoms with Gasteiger partial charge in [-0.3, -0.25) is 0 Å². The number of alkyl halides is 3. The maximum Gasteiger partial charge on any atom is 0.433 e. The molecule has 166 valence electrons. The highest BCUT2D eigenvalue weighted by Gasteiger charge is 2.36. The van der Waals surface area contributed by atoms with Gasteiger partial charge in [0.25, 0.3) is 0 Å². The van der Waals surface area contributed by atoms with E-state index in [0.717, 1.165) is 12.3 Å². The van der Waals surface area contributed by atoms with Crippen LogP contribution in [0.1, 0.15) is 31.0 Å². The molecule has 0 radical (unpaired) electrons. The number of nitrogens with two attached hydrogens (primary N) is 1. The summed E-state index contributed by atoms with van der Waals surface area (Å²) >= 11 is 0. The number of nitriles is 1. The lowest BCUT2D eigenvalue weighted by Crippen LogP contribution is -2.25. The zero-order chi connectivity index (χ0) is 23.5. The Morgan fingerprint density at radius 2 is 1.97 bits per heavy atom. The Morgan fingerprint density at radius 1 is 1.28 bits per heavy atom. The van der Waals surface area contributed by atoms with Crippen molar-refractivity contribution in [2.45, 2.75) is 25.9 Å². The summed E-state index contributed by atoms with van der Waals surface area (Å²) in [5, 5.41) is 9.57. The van der Waals surface area contributed by atoms with Crippen LogP contribution in [0.2, 0.25) is 0 Å². The Balaban J connectivity index is 1.93.